The van der Waals surface area contributed by atoms with Crippen molar-refractivity contribution >= 4 is 28.2 Å². The first kappa shape index (κ1) is 18.3. The van der Waals surface area contributed by atoms with E-state index in [9.17, 15) is 9.59 Å². The Kier molecular flexibility index (Phi) is 4.91. The Morgan fingerprint density at radius 3 is 2.89 bits per heavy atom. The highest BCUT2D eigenvalue weighted by Crippen LogP contribution is 2.31. The maximum absolute atomic E-state index is 12.8. The first-order valence-electron chi connectivity index (χ1n) is 9.01. The lowest BCUT2D eigenvalue weighted by molar-refractivity contribution is -0.120. The number of amides is 2. The van der Waals surface area contributed by atoms with E-state index in [1.807, 2.05) is 37.3 Å². The quantitative estimate of drug-likeness (QED) is 0.701. The number of thiazole rings is 1. The Morgan fingerprint density at radius 1 is 1.32 bits per heavy atom. The number of likely N-dealkylation sites (N-methyl/N-ethyl adjacent to an activating group) is 1. The van der Waals surface area contributed by atoms with Crippen molar-refractivity contribution in [2.24, 2.45) is 0 Å². The van der Waals surface area contributed by atoms with Crippen molar-refractivity contribution in [2.75, 3.05) is 11.9 Å². The molecule has 1 aromatic carbocycles. The number of hydrogen-bond acceptors (Lipinski definition) is 6. The summed E-state index contributed by atoms with van der Waals surface area (Å²) < 4.78 is 0. The molecule has 0 unspecified atom stereocenters. The third-order valence-electron chi connectivity index (χ3n) is 4.64. The fourth-order valence-corrected chi connectivity index (χ4v) is 4.17. The number of nitrogens with zero attached hydrogens (tertiary/aromatic N) is 4. The molecule has 28 heavy (non-hydrogen) atoms. The van der Waals surface area contributed by atoms with Gasteiger partial charge in [-0.25, -0.2) is 9.97 Å². The zero-order valence-corrected chi connectivity index (χ0v) is 16.4. The maximum Gasteiger partial charge on any atom is 0.291 e. The molecule has 1 aliphatic rings. The van der Waals surface area contributed by atoms with Crippen molar-refractivity contribution in [2.45, 2.75) is 32.2 Å². The van der Waals surface area contributed by atoms with Gasteiger partial charge in [0.25, 0.3) is 5.91 Å². The number of carbonyl (C=O) groups is 2. The number of H-pyrrole nitrogens is 1. The average Bonchev–Trinajstić information content (AvgIpc) is 3.28. The van der Waals surface area contributed by atoms with Crippen molar-refractivity contribution < 1.29 is 9.59 Å². The first-order valence-corrected chi connectivity index (χ1v) is 9.83. The van der Waals surface area contributed by atoms with Gasteiger partial charge in [0.1, 0.15) is 16.9 Å². The summed E-state index contributed by atoms with van der Waals surface area (Å²) in [4.78, 5) is 35.7. The number of anilines is 1. The van der Waals surface area contributed by atoms with Crippen LogP contribution in [-0.4, -0.2) is 45.1 Å². The van der Waals surface area contributed by atoms with E-state index in [4.69, 9.17) is 0 Å². The summed E-state index contributed by atoms with van der Waals surface area (Å²) in [6.45, 7) is 1.92. The summed E-state index contributed by atoms with van der Waals surface area (Å²) in [5, 5.41) is 11.4. The van der Waals surface area contributed by atoms with Crippen molar-refractivity contribution in [3.8, 4) is 0 Å². The minimum absolute atomic E-state index is 0.0365. The molecule has 2 aromatic heterocycles. The molecule has 1 atom stereocenters. The van der Waals surface area contributed by atoms with Gasteiger partial charge in [0.2, 0.25) is 11.7 Å². The molecule has 3 heterocycles. The summed E-state index contributed by atoms with van der Waals surface area (Å²) in [5.74, 6) is 0.0180. The molecule has 3 aromatic rings. The first-order chi connectivity index (χ1) is 13.5. The largest absolute Gasteiger partial charge is 0.337 e. The fraction of sp³-hybridized carbons (Fsp3) is 0.316. The van der Waals surface area contributed by atoms with E-state index < -0.39 is 11.9 Å². The van der Waals surface area contributed by atoms with Crippen LogP contribution in [-0.2, 0) is 17.6 Å². The van der Waals surface area contributed by atoms with Crippen LogP contribution >= 0.6 is 11.3 Å². The summed E-state index contributed by atoms with van der Waals surface area (Å²) >= 11 is 1.49. The van der Waals surface area contributed by atoms with Gasteiger partial charge in [0, 0.05) is 13.5 Å². The second-order valence-corrected chi connectivity index (χ2v) is 7.90. The Labute approximate surface area is 166 Å². The van der Waals surface area contributed by atoms with Crippen LogP contribution in [0.15, 0.2) is 30.3 Å². The number of fused-ring (bicyclic) bond motifs is 1. The number of rotatable bonds is 4. The van der Waals surface area contributed by atoms with Crippen LogP contribution < -0.4 is 10.2 Å². The van der Waals surface area contributed by atoms with E-state index in [0.717, 1.165) is 21.3 Å². The van der Waals surface area contributed by atoms with Crippen molar-refractivity contribution in [3.63, 3.8) is 0 Å². The van der Waals surface area contributed by atoms with E-state index in [0.29, 0.717) is 25.1 Å². The molecule has 9 heteroatoms. The molecule has 1 aliphatic heterocycles. The van der Waals surface area contributed by atoms with Crippen LogP contribution in [0.1, 0.15) is 39.1 Å². The van der Waals surface area contributed by atoms with Gasteiger partial charge < -0.3 is 10.2 Å². The topological polar surface area (TPSA) is 104 Å². The zero-order chi connectivity index (χ0) is 19.7. The molecule has 4 rings (SSSR count). The monoisotopic (exact) mass is 396 g/mol. The van der Waals surface area contributed by atoms with E-state index in [1.165, 1.54) is 11.3 Å². The average molecular weight is 396 g/mol. The van der Waals surface area contributed by atoms with Gasteiger partial charge in [-0.1, -0.05) is 30.3 Å². The van der Waals surface area contributed by atoms with Gasteiger partial charge in [0.05, 0.1) is 10.7 Å². The molecular formula is C19H20N6O2S. The SMILES string of the molecule is Cc1nc2c(s1)N(C)C(=O)[C@@H](NC(=O)c1n[nH]c(Cc3ccccc3)n1)CC2. The second-order valence-electron chi connectivity index (χ2n) is 6.71. The predicted octanol–water partition coefficient (Wildman–Crippen LogP) is 1.87. The number of carbonyl (C=O) groups excluding carboxylic acids is 2. The van der Waals surface area contributed by atoms with Crippen LogP contribution in [0.2, 0.25) is 0 Å². The standard InChI is InChI=1S/C19H20N6O2S/c1-11-20-14-9-8-13(18(27)25(2)19(14)28-11)21-17(26)16-22-15(23-24-16)10-12-6-4-3-5-7-12/h3-7,13H,8-10H2,1-2H3,(H,21,26)(H,22,23,24)/t13-/m0/s1. The van der Waals surface area contributed by atoms with Crippen LogP contribution in [0.25, 0.3) is 0 Å². The van der Waals surface area contributed by atoms with Gasteiger partial charge in [-0.3, -0.25) is 14.7 Å². The number of aryl methyl sites for hydroxylation is 2. The maximum atomic E-state index is 12.8. The molecular weight excluding hydrogens is 376 g/mol. The van der Waals surface area contributed by atoms with Gasteiger partial charge in [-0.05, 0) is 25.3 Å². The lowest BCUT2D eigenvalue weighted by Crippen LogP contribution is -2.46. The van der Waals surface area contributed by atoms with Gasteiger partial charge >= 0.3 is 0 Å². The second kappa shape index (κ2) is 7.51. The summed E-state index contributed by atoms with van der Waals surface area (Å²) in [7, 11) is 1.72. The van der Waals surface area contributed by atoms with Crippen molar-refractivity contribution in [1.82, 2.24) is 25.5 Å². The third kappa shape index (κ3) is 3.65. The Hall–Kier alpha value is -3.07. The minimum atomic E-state index is -0.629. The molecule has 0 saturated carbocycles. The molecule has 0 bridgehead atoms. The van der Waals surface area contributed by atoms with Crippen molar-refractivity contribution in [3.05, 3.63) is 58.2 Å². The van der Waals surface area contributed by atoms with Crippen LogP contribution in [0.4, 0.5) is 5.00 Å². The smallest absolute Gasteiger partial charge is 0.291 e. The van der Waals surface area contributed by atoms with Gasteiger partial charge in [-0.15, -0.1) is 16.4 Å². The third-order valence-corrected chi connectivity index (χ3v) is 5.73. The molecule has 0 radical (unpaired) electrons. The van der Waals surface area contributed by atoms with Crippen LogP contribution in [0, 0.1) is 6.92 Å². The zero-order valence-electron chi connectivity index (χ0n) is 15.6. The lowest BCUT2D eigenvalue weighted by Gasteiger charge is -2.20. The normalized spacial score (nSPS) is 16.6. The van der Waals surface area contributed by atoms with E-state index in [2.05, 4.69) is 25.5 Å². The van der Waals surface area contributed by atoms with E-state index in [1.54, 1.807) is 11.9 Å². The number of nitrogens with one attached hydrogen (secondary N) is 2. The van der Waals surface area contributed by atoms with Gasteiger partial charge in [-0.2, -0.15) is 0 Å². The molecule has 144 valence electrons. The van der Waals surface area contributed by atoms with Crippen molar-refractivity contribution in [1.29, 1.82) is 0 Å². The van der Waals surface area contributed by atoms with E-state index in [-0.39, 0.29) is 11.7 Å². The van der Waals surface area contributed by atoms with Gasteiger partial charge in [0.15, 0.2) is 0 Å². The van der Waals surface area contributed by atoms with Crippen LogP contribution in [0.5, 0.6) is 0 Å². The molecule has 2 N–H and O–H groups in total. The number of hydrogen-bond donors (Lipinski definition) is 2. The molecule has 0 aliphatic carbocycles. The minimum Gasteiger partial charge on any atom is -0.337 e. The fourth-order valence-electron chi connectivity index (χ4n) is 3.24. The molecule has 8 nitrogen and oxygen atoms in total. The lowest BCUT2D eigenvalue weighted by atomic mass is 10.1. The highest BCUT2D eigenvalue weighted by atomic mass is 32.1. The summed E-state index contributed by atoms with van der Waals surface area (Å²) in [6, 6.07) is 9.17. The summed E-state index contributed by atoms with van der Waals surface area (Å²) in [5.41, 5.74) is 1.97. The Morgan fingerprint density at radius 2 is 2.11 bits per heavy atom. The van der Waals surface area contributed by atoms with Crippen LogP contribution in [0.3, 0.4) is 0 Å². The highest BCUT2D eigenvalue weighted by Gasteiger charge is 2.32. The highest BCUT2D eigenvalue weighted by molar-refractivity contribution is 7.16. The summed E-state index contributed by atoms with van der Waals surface area (Å²) in [6.07, 6.45) is 1.68. The number of benzene rings is 1. The number of aromatic nitrogens is 4. The molecule has 0 spiro atoms. The number of aromatic amines is 1. The molecule has 0 fully saturated rings. The van der Waals surface area contributed by atoms with E-state index >= 15 is 0 Å². The molecule has 0 saturated heterocycles. The molecule has 2 amide bonds. The predicted molar refractivity (Wildman–Crippen MR) is 105 cm³/mol. The Balaban J connectivity index is 1.44. The Bertz CT molecular complexity index is 1010.